The van der Waals surface area contributed by atoms with Crippen LogP contribution >= 0.6 is 22.6 Å². The van der Waals surface area contributed by atoms with Gasteiger partial charge in [0.25, 0.3) is 5.91 Å². The minimum Gasteiger partial charge on any atom is -0.311 e. The minimum absolute atomic E-state index is 0.0180. The van der Waals surface area contributed by atoms with Gasteiger partial charge in [-0.2, -0.15) is 0 Å². The number of hydrogen-bond acceptors (Lipinski definition) is 1. The molecule has 0 aliphatic carbocycles. The summed E-state index contributed by atoms with van der Waals surface area (Å²) in [6.07, 6.45) is 0. The Hall–Kier alpha value is -1.88. The van der Waals surface area contributed by atoms with Gasteiger partial charge in [-0.1, -0.05) is 48.5 Å². The van der Waals surface area contributed by atoms with E-state index in [1.54, 1.807) is 4.90 Å². The zero-order chi connectivity index (χ0) is 15.7. The summed E-state index contributed by atoms with van der Waals surface area (Å²) in [6.45, 7) is 2.02. The van der Waals surface area contributed by atoms with Crippen LogP contribution in [0.2, 0.25) is 0 Å². The molecule has 0 heterocycles. The SMILES string of the molecule is Cc1cccc(C(=O)N(C)c2cccc3ccccc23)c1I. The first-order valence-electron chi connectivity index (χ1n) is 7.10. The van der Waals surface area contributed by atoms with Crippen molar-refractivity contribution in [2.75, 3.05) is 11.9 Å². The molecule has 2 nitrogen and oxygen atoms in total. The first-order valence-corrected chi connectivity index (χ1v) is 8.18. The van der Waals surface area contributed by atoms with Crippen LogP contribution in [0.25, 0.3) is 10.8 Å². The second-order valence-corrected chi connectivity index (χ2v) is 6.38. The number of halogens is 1. The second-order valence-electron chi connectivity index (χ2n) is 5.30. The number of carbonyl (C=O) groups is 1. The number of rotatable bonds is 2. The summed E-state index contributed by atoms with van der Waals surface area (Å²) in [5, 5.41) is 2.22. The van der Waals surface area contributed by atoms with Crippen LogP contribution in [-0.4, -0.2) is 13.0 Å². The van der Waals surface area contributed by atoms with E-state index in [9.17, 15) is 4.79 Å². The molecule has 0 spiro atoms. The Labute approximate surface area is 143 Å². The normalized spacial score (nSPS) is 10.7. The third kappa shape index (κ3) is 2.61. The summed E-state index contributed by atoms with van der Waals surface area (Å²) >= 11 is 2.24. The van der Waals surface area contributed by atoms with Gasteiger partial charge < -0.3 is 4.90 Å². The fraction of sp³-hybridized carbons (Fsp3) is 0.105. The number of amides is 1. The predicted molar refractivity (Wildman–Crippen MR) is 101 cm³/mol. The number of hydrogen-bond donors (Lipinski definition) is 0. The molecule has 3 heteroatoms. The fourth-order valence-corrected chi connectivity index (χ4v) is 3.19. The van der Waals surface area contributed by atoms with Crippen molar-refractivity contribution in [3.05, 3.63) is 75.4 Å². The van der Waals surface area contributed by atoms with Crippen LogP contribution in [-0.2, 0) is 0 Å². The van der Waals surface area contributed by atoms with Crippen LogP contribution in [0.4, 0.5) is 5.69 Å². The number of carbonyl (C=O) groups excluding carboxylic acids is 1. The molecule has 0 aromatic heterocycles. The summed E-state index contributed by atoms with van der Waals surface area (Å²) in [7, 11) is 1.84. The zero-order valence-electron chi connectivity index (χ0n) is 12.5. The van der Waals surface area contributed by atoms with Crippen LogP contribution in [0.5, 0.6) is 0 Å². The van der Waals surface area contributed by atoms with E-state index in [0.717, 1.165) is 31.2 Å². The van der Waals surface area contributed by atoms with Gasteiger partial charge in [0.05, 0.1) is 11.3 Å². The van der Waals surface area contributed by atoms with E-state index in [0.29, 0.717) is 0 Å². The molecule has 22 heavy (non-hydrogen) atoms. The van der Waals surface area contributed by atoms with Gasteiger partial charge >= 0.3 is 0 Å². The van der Waals surface area contributed by atoms with Crippen molar-refractivity contribution < 1.29 is 4.79 Å². The van der Waals surface area contributed by atoms with E-state index >= 15 is 0 Å². The summed E-state index contributed by atoms with van der Waals surface area (Å²) in [6, 6.07) is 20.0. The Morgan fingerprint density at radius 3 is 2.45 bits per heavy atom. The maximum absolute atomic E-state index is 12.9. The zero-order valence-corrected chi connectivity index (χ0v) is 14.7. The average molecular weight is 401 g/mol. The number of aryl methyl sites for hydroxylation is 1. The fourth-order valence-electron chi connectivity index (χ4n) is 2.60. The van der Waals surface area contributed by atoms with Gasteiger partial charge in [0.2, 0.25) is 0 Å². The lowest BCUT2D eigenvalue weighted by Crippen LogP contribution is -2.27. The first kappa shape index (κ1) is 15.0. The van der Waals surface area contributed by atoms with Crippen molar-refractivity contribution >= 4 is 45.0 Å². The lowest BCUT2D eigenvalue weighted by Gasteiger charge is -2.20. The molecule has 3 aromatic rings. The molecule has 0 saturated carbocycles. The van der Waals surface area contributed by atoms with Crippen molar-refractivity contribution in [3.8, 4) is 0 Å². The van der Waals surface area contributed by atoms with Gasteiger partial charge in [-0.25, -0.2) is 0 Å². The smallest absolute Gasteiger partial charge is 0.259 e. The highest BCUT2D eigenvalue weighted by Crippen LogP contribution is 2.28. The van der Waals surface area contributed by atoms with E-state index in [1.165, 1.54) is 0 Å². The van der Waals surface area contributed by atoms with E-state index in [4.69, 9.17) is 0 Å². The molecule has 0 aliphatic heterocycles. The van der Waals surface area contributed by atoms with Gasteiger partial charge in [0.1, 0.15) is 0 Å². The van der Waals surface area contributed by atoms with Crippen molar-refractivity contribution in [3.63, 3.8) is 0 Å². The van der Waals surface area contributed by atoms with Crippen LogP contribution < -0.4 is 4.90 Å². The van der Waals surface area contributed by atoms with E-state index < -0.39 is 0 Å². The molecule has 110 valence electrons. The molecule has 3 aromatic carbocycles. The van der Waals surface area contributed by atoms with Crippen molar-refractivity contribution in [1.82, 2.24) is 0 Å². The average Bonchev–Trinajstić information content (AvgIpc) is 2.55. The molecule has 3 rings (SSSR count). The Morgan fingerprint density at radius 2 is 1.64 bits per heavy atom. The van der Waals surface area contributed by atoms with Crippen LogP contribution in [0.1, 0.15) is 15.9 Å². The summed E-state index contributed by atoms with van der Waals surface area (Å²) in [5.41, 5.74) is 2.80. The van der Waals surface area contributed by atoms with E-state index in [-0.39, 0.29) is 5.91 Å². The Bertz CT molecular complexity index is 852. The van der Waals surface area contributed by atoms with Crippen LogP contribution in [0.15, 0.2) is 60.7 Å². The molecule has 0 atom stereocenters. The lowest BCUT2D eigenvalue weighted by molar-refractivity contribution is 0.0992. The maximum Gasteiger partial charge on any atom is 0.259 e. The highest BCUT2D eigenvalue weighted by Gasteiger charge is 2.18. The third-order valence-corrected chi connectivity index (χ3v) is 5.29. The van der Waals surface area contributed by atoms with E-state index in [1.807, 2.05) is 56.4 Å². The molecule has 0 bridgehead atoms. The molecule has 0 N–H and O–H groups in total. The first-order chi connectivity index (χ1) is 10.6. The van der Waals surface area contributed by atoms with E-state index in [2.05, 4.69) is 40.8 Å². The molecule has 1 amide bonds. The Morgan fingerprint density at radius 1 is 0.955 bits per heavy atom. The minimum atomic E-state index is 0.0180. The van der Waals surface area contributed by atoms with Gasteiger partial charge in [0, 0.05) is 16.0 Å². The topological polar surface area (TPSA) is 20.3 Å². The largest absolute Gasteiger partial charge is 0.311 e. The number of nitrogens with zero attached hydrogens (tertiary/aromatic N) is 1. The molecule has 0 aliphatic rings. The van der Waals surface area contributed by atoms with Gasteiger partial charge in [-0.15, -0.1) is 0 Å². The van der Waals surface area contributed by atoms with Gasteiger partial charge in [0.15, 0.2) is 0 Å². The summed E-state index contributed by atoms with van der Waals surface area (Å²) in [4.78, 5) is 14.6. The van der Waals surface area contributed by atoms with Crippen molar-refractivity contribution in [2.24, 2.45) is 0 Å². The molecular formula is C19H16INO. The summed E-state index contributed by atoms with van der Waals surface area (Å²) in [5.74, 6) is 0.0180. The Balaban J connectivity index is 2.08. The maximum atomic E-state index is 12.9. The summed E-state index contributed by atoms with van der Waals surface area (Å²) < 4.78 is 1.01. The molecular weight excluding hydrogens is 385 g/mol. The molecule has 0 saturated heterocycles. The van der Waals surface area contributed by atoms with Crippen molar-refractivity contribution in [2.45, 2.75) is 6.92 Å². The molecule has 0 radical (unpaired) electrons. The van der Waals surface area contributed by atoms with Gasteiger partial charge in [-0.05, 0) is 52.6 Å². The lowest BCUT2D eigenvalue weighted by atomic mass is 10.1. The highest BCUT2D eigenvalue weighted by molar-refractivity contribution is 14.1. The van der Waals surface area contributed by atoms with Crippen LogP contribution in [0, 0.1) is 10.5 Å². The standard InChI is InChI=1S/C19H16INO/c1-13-7-5-11-16(18(13)20)19(22)21(2)17-12-6-9-14-8-3-4-10-15(14)17/h3-12H,1-2H3. The van der Waals surface area contributed by atoms with Crippen LogP contribution in [0.3, 0.4) is 0 Å². The molecule has 0 unspecified atom stereocenters. The molecule has 0 fully saturated rings. The second kappa shape index (κ2) is 6.08. The highest BCUT2D eigenvalue weighted by atomic mass is 127. The monoisotopic (exact) mass is 401 g/mol. The number of fused-ring (bicyclic) bond motifs is 1. The third-order valence-electron chi connectivity index (χ3n) is 3.85. The Kier molecular flexibility index (Phi) is 4.16. The number of benzene rings is 3. The number of anilines is 1. The van der Waals surface area contributed by atoms with Crippen molar-refractivity contribution in [1.29, 1.82) is 0 Å². The quantitative estimate of drug-likeness (QED) is 0.552. The predicted octanol–water partition coefficient (Wildman–Crippen LogP) is 5.03. The van der Waals surface area contributed by atoms with Gasteiger partial charge in [-0.3, -0.25) is 4.79 Å².